The molecule has 1 aromatic carbocycles. The first-order chi connectivity index (χ1) is 15.9. The Bertz CT molecular complexity index is 1280. The minimum Gasteiger partial charge on any atom is -0.377 e. The standard InChI is InChI=1S/C22H22F2N8O/c1-3-22-12-33-9-8-31(22)19-17(32(13(2)25)20(22)26)11-28-21(29-19)30-7-6-27-18(30)15-5-4-14(23)10-16(15)24/h4-7,10-11,25-26H,3,8-9,12H2,1-2H3. The van der Waals surface area contributed by atoms with Crippen molar-refractivity contribution >= 4 is 23.2 Å². The molecule has 9 nitrogen and oxygen atoms in total. The Balaban J connectivity index is 1.68. The number of benzene rings is 1. The van der Waals surface area contributed by atoms with E-state index in [1.165, 1.54) is 27.8 Å². The first kappa shape index (κ1) is 21.1. The number of halogens is 2. The van der Waals surface area contributed by atoms with E-state index < -0.39 is 17.2 Å². The number of ether oxygens (including phenoxy) is 1. The topological polar surface area (TPSA) is 107 Å². The van der Waals surface area contributed by atoms with Crippen molar-refractivity contribution < 1.29 is 13.5 Å². The van der Waals surface area contributed by atoms with Crippen LogP contribution in [-0.2, 0) is 4.74 Å². The van der Waals surface area contributed by atoms with Crippen molar-refractivity contribution in [1.82, 2.24) is 19.5 Å². The SMILES string of the molecule is CCC12COCCN1c1nc(-n3ccnc3-c3ccc(F)cc3F)ncc1N(C(C)=N)C2=N. The third-order valence-corrected chi connectivity index (χ3v) is 6.16. The maximum absolute atomic E-state index is 14.5. The Morgan fingerprint density at radius 2 is 2.09 bits per heavy atom. The van der Waals surface area contributed by atoms with E-state index in [2.05, 4.69) is 9.97 Å². The molecule has 0 spiro atoms. The fourth-order valence-corrected chi connectivity index (χ4v) is 4.50. The van der Waals surface area contributed by atoms with Crippen molar-refractivity contribution in [2.75, 3.05) is 29.6 Å². The van der Waals surface area contributed by atoms with Crippen LogP contribution in [0.2, 0.25) is 0 Å². The first-order valence-electron chi connectivity index (χ1n) is 10.5. The summed E-state index contributed by atoms with van der Waals surface area (Å²) in [6, 6.07) is 3.31. The molecule has 2 aromatic heterocycles. The van der Waals surface area contributed by atoms with Gasteiger partial charge >= 0.3 is 0 Å². The zero-order valence-corrected chi connectivity index (χ0v) is 18.1. The minimum absolute atomic E-state index is 0.121. The third-order valence-electron chi connectivity index (χ3n) is 6.16. The number of rotatable bonds is 3. The predicted octanol–water partition coefficient (Wildman–Crippen LogP) is 3.39. The molecule has 1 unspecified atom stereocenters. The molecule has 5 rings (SSSR count). The van der Waals surface area contributed by atoms with Gasteiger partial charge in [-0.1, -0.05) is 6.92 Å². The molecule has 2 aliphatic rings. The van der Waals surface area contributed by atoms with Gasteiger partial charge in [0.25, 0.3) is 0 Å². The highest BCUT2D eigenvalue weighted by atomic mass is 19.1. The largest absolute Gasteiger partial charge is 0.377 e. The fourth-order valence-electron chi connectivity index (χ4n) is 4.50. The van der Waals surface area contributed by atoms with Gasteiger partial charge in [-0.25, -0.2) is 18.7 Å². The Hall–Kier alpha value is -3.73. The Kier molecular flexibility index (Phi) is 4.93. The van der Waals surface area contributed by atoms with Crippen LogP contribution in [0, 0.1) is 22.5 Å². The maximum atomic E-state index is 14.5. The molecule has 3 aromatic rings. The Morgan fingerprint density at radius 3 is 2.82 bits per heavy atom. The smallest absolute Gasteiger partial charge is 0.237 e. The van der Waals surface area contributed by atoms with Crippen LogP contribution in [0.5, 0.6) is 0 Å². The van der Waals surface area contributed by atoms with Crippen molar-refractivity contribution in [3.63, 3.8) is 0 Å². The van der Waals surface area contributed by atoms with Crippen LogP contribution in [-0.4, -0.2) is 56.5 Å². The summed E-state index contributed by atoms with van der Waals surface area (Å²) in [5, 5.41) is 17.2. The quantitative estimate of drug-likeness (QED) is 0.466. The Morgan fingerprint density at radius 1 is 1.27 bits per heavy atom. The molecule has 11 heteroatoms. The molecule has 2 N–H and O–H groups in total. The van der Waals surface area contributed by atoms with Gasteiger partial charge in [0.05, 0.1) is 25.0 Å². The number of hydrogen-bond acceptors (Lipinski definition) is 7. The number of morpholine rings is 1. The van der Waals surface area contributed by atoms with Crippen LogP contribution in [0.25, 0.3) is 17.3 Å². The van der Waals surface area contributed by atoms with Gasteiger partial charge in [0.2, 0.25) is 5.95 Å². The van der Waals surface area contributed by atoms with Gasteiger partial charge < -0.3 is 9.64 Å². The van der Waals surface area contributed by atoms with Crippen molar-refractivity contribution in [3.8, 4) is 17.3 Å². The van der Waals surface area contributed by atoms with Crippen LogP contribution in [0.15, 0.2) is 36.8 Å². The molecule has 0 aliphatic carbocycles. The van der Waals surface area contributed by atoms with E-state index in [1.807, 2.05) is 11.8 Å². The zero-order chi connectivity index (χ0) is 23.3. The van der Waals surface area contributed by atoms with Gasteiger partial charge in [-0.2, -0.15) is 4.98 Å². The lowest BCUT2D eigenvalue weighted by atomic mass is 9.88. The van der Waals surface area contributed by atoms with Crippen molar-refractivity contribution in [3.05, 3.63) is 48.4 Å². The van der Waals surface area contributed by atoms with Gasteiger partial charge in [-0.05, 0) is 25.5 Å². The lowest BCUT2D eigenvalue weighted by Crippen LogP contribution is -2.69. The number of imidazole rings is 1. The lowest BCUT2D eigenvalue weighted by Gasteiger charge is -2.53. The molecule has 33 heavy (non-hydrogen) atoms. The van der Waals surface area contributed by atoms with Gasteiger partial charge in [-0.15, -0.1) is 0 Å². The predicted molar refractivity (Wildman–Crippen MR) is 119 cm³/mol. The number of fused-ring (bicyclic) bond motifs is 3. The lowest BCUT2D eigenvalue weighted by molar-refractivity contribution is 0.0720. The average molecular weight is 452 g/mol. The van der Waals surface area contributed by atoms with Crippen molar-refractivity contribution in [1.29, 1.82) is 10.8 Å². The van der Waals surface area contributed by atoms with Crippen LogP contribution >= 0.6 is 0 Å². The highest BCUT2D eigenvalue weighted by Gasteiger charge is 2.51. The summed E-state index contributed by atoms with van der Waals surface area (Å²) in [5.74, 6) is 0.0548. The highest BCUT2D eigenvalue weighted by Crippen LogP contribution is 2.42. The molecule has 1 atom stereocenters. The molecule has 0 radical (unpaired) electrons. The molecule has 1 saturated heterocycles. The number of hydrogen-bond donors (Lipinski definition) is 2. The number of aromatic nitrogens is 4. The average Bonchev–Trinajstić information content (AvgIpc) is 3.28. The molecule has 0 amide bonds. The second-order valence-electron chi connectivity index (χ2n) is 7.98. The Labute approximate surface area is 188 Å². The summed E-state index contributed by atoms with van der Waals surface area (Å²) in [6.07, 6.45) is 5.25. The van der Waals surface area contributed by atoms with Gasteiger partial charge in [0, 0.05) is 25.0 Å². The molecule has 170 valence electrons. The summed E-state index contributed by atoms with van der Waals surface area (Å²) in [5.41, 5.74) is -0.118. The van der Waals surface area contributed by atoms with Crippen LogP contribution in [0.4, 0.5) is 20.3 Å². The molecular formula is C22H22F2N8O. The second-order valence-corrected chi connectivity index (χ2v) is 7.98. The van der Waals surface area contributed by atoms with Crippen LogP contribution < -0.4 is 9.80 Å². The molecule has 0 bridgehead atoms. The monoisotopic (exact) mass is 452 g/mol. The number of nitrogens with one attached hydrogen (secondary N) is 2. The van der Waals surface area contributed by atoms with E-state index in [4.69, 9.17) is 20.5 Å². The second kappa shape index (κ2) is 7.69. The van der Waals surface area contributed by atoms with E-state index in [0.717, 1.165) is 6.07 Å². The number of anilines is 2. The molecule has 2 aliphatic heterocycles. The summed E-state index contributed by atoms with van der Waals surface area (Å²) in [7, 11) is 0. The van der Waals surface area contributed by atoms with Crippen molar-refractivity contribution in [2.45, 2.75) is 25.8 Å². The number of amidine groups is 2. The van der Waals surface area contributed by atoms with E-state index in [-0.39, 0.29) is 29.0 Å². The van der Waals surface area contributed by atoms with E-state index in [0.29, 0.717) is 37.7 Å². The normalized spacial score (nSPS) is 19.9. The maximum Gasteiger partial charge on any atom is 0.237 e. The highest BCUT2D eigenvalue weighted by molar-refractivity contribution is 6.23. The van der Waals surface area contributed by atoms with Crippen LogP contribution in [0.1, 0.15) is 20.3 Å². The van der Waals surface area contributed by atoms with Gasteiger partial charge in [0.15, 0.2) is 5.82 Å². The summed E-state index contributed by atoms with van der Waals surface area (Å²) < 4.78 is 35.2. The van der Waals surface area contributed by atoms with Crippen LogP contribution in [0.3, 0.4) is 0 Å². The zero-order valence-electron chi connectivity index (χ0n) is 18.1. The minimum atomic E-state index is -0.764. The number of nitrogens with zero attached hydrogens (tertiary/aromatic N) is 6. The molecule has 0 saturated carbocycles. The fraction of sp³-hybridized carbons (Fsp3) is 0.318. The van der Waals surface area contributed by atoms with Crippen molar-refractivity contribution in [2.24, 2.45) is 0 Å². The molecular weight excluding hydrogens is 430 g/mol. The first-order valence-corrected chi connectivity index (χ1v) is 10.5. The van der Waals surface area contributed by atoms with E-state index in [1.54, 1.807) is 19.3 Å². The molecule has 4 heterocycles. The summed E-state index contributed by atoms with van der Waals surface area (Å²) >= 11 is 0. The summed E-state index contributed by atoms with van der Waals surface area (Å²) in [6.45, 7) is 4.90. The van der Waals surface area contributed by atoms with E-state index in [9.17, 15) is 8.78 Å². The molecule has 1 fully saturated rings. The summed E-state index contributed by atoms with van der Waals surface area (Å²) in [4.78, 5) is 17.0. The van der Waals surface area contributed by atoms with Gasteiger partial charge in [0.1, 0.15) is 40.4 Å². The van der Waals surface area contributed by atoms with E-state index >= 15 is 0 Å². The van der Waals surface area contributed by atoms with Gasteiger partial charge in [-0.3, -0.25) is 20.3 Å². The third kappa shape index (κ3) is 3.10.